The lowest BCUT2D eigenvalue weighted by atomic mass is 10.1. The highest BCUT2D eigenvalue weighted by Gasteiger charge is 2.34. The smallest absolute Gasteiger partial charge is 0.207 e. The van der Waals surface area contributed by atoms with E-state index in [1.54, 1.807) is 4.31 Å². The van der Waals surface area contributed by atoms with E-state index in [2.05, 4.69) is 15.9 Å². The summed E-state index contributed by atoms with van der Waals surface area (Å²) in [7, 11) is -3.56. The molecule has 8 heteroatoms. The summed E-state index contributed by atoms with van der Waals surface area (Å²) >= 11 is 16.4. The molecule has 1 saturated heterocycles. The van der Waals surface area contributed by atoms with Gasteiger partial charge in [0.1, 0.15) is 9.23 Å². The maximum absolute atomic E-state index is 12.7. The van der Waals surface area contributed by atoms with E-state index in [1.165, 1.54) is 6.07 Å². The summed E-state index contributed by atoms with van der Waals surface area (Å²) in [5.74, 6) is 0. The van der Waals surface area contributed by atoms with Gasteiger partial charge in [-0.25, -0.2) is 8.42 Å². The van der Waals surface area contributed by atoms with Gasteiger partial charge in [-0.2, -0.15) is 4.31 Å². The monoisotopic (exact) mass is 405 g/mol. The normalized spacial score (nSPS) is 22.4. The van der Waals surface area contributed by atoms with E-state index < -0.39 is 10.0 Å². The number of rotatable bonds is 3. The van der Waals surface area contributed by atoms with Crippen LogP contribution in [-0.4, -0.2) is 30.6 Å². The predicted molar refractivity (Wildman–Crippen MR) is 84.3 cm³/mol. The summed E-state index contributed by atoms with van der Waals surface area (Å²) in [6, 6.07) is 1.43. The van der Waals surface area contributed by atoms with E-state index in [0.717, 1.165) is 37.0 Å². The van der Waals surface area contributed by atoms with Gasteiger partial charge in [0.15, 0.2) is 0 Å². The minimum Gasteiger partial charge on any atom is -0.207 e. The van der Waals surface area contributed by atoms with Gasteiger partial charge in [0, 0.05) is 17.9 Å². The number of thiophene rings is 1. The molecule has 1 aromatic rings. The first-order valence-corrected chi connectivity index (χ1v) is 10.1. The van der Waals surface area contributed by atoms with Crippen LogP contribution in [0.15, 0.2) is 11.0 Å². The van der Waals surface area contributed by atoms with Crippen molar-refractivity contribution >= 4 is 60.5 Å². The number of hydrogen-bond donors (Lipinski definition) is 0. The molecule has 1 aromatic heterocycles. The van der Waals surface area contributed by atoms with Crippen molar-refractivity contribution in [1.29, 1.82) is 0 Å². The van der Waals surface area contributed by atoms with Crippen molar-refractivity contribution in [3.05, 3.63) is 14.7 Å². The molecule has 3 nitrogen and oxygen atoms in total. The van der Waals surface area contributed by atoms with E-state index in [9.17, 15) is 8.42 Å². The predicted octanol–water partition coefficient (Wildman–Crippen LogP) is 4.38. The fourth-order valence-electron chi connectivity index (χ4n) is 2.25. The Morgan fingerprint density at radius 1 is 1.37 bits per heavy atom. The molecule has 0 N–H and O–H groups in total. The summed E-state index contributed by atoms with van der Waals surface area (Å²) in [5, 5.41) is 0.641. The molecule has 0 aliphatic carbocycles. The molecular formula is C11H14BrCl2NO2S2. The third-order valence-electron chi connectivity index (χ3n) is 3.21. The first kappa shape index (κ1) is 16.0. The van der Waals surface area contributed by atoms with Crippen LogP contribution in [0.2, 0.25) is 8.67 Å². The van der Waals surface area contributed by atoms with Crippen LogP contribution in [0.25, 0.3) is 0 Å². The van der Waals surface area contributed by atoms with Crippen LogP contribution in [0.4, 0.5) is 0 Å². The van der Waals surface area contributed by atoms with Crippen molar-refractivity contribution in [1.82, 2.24) is 4.31 Å². The zero-order chi connectivity index (χ0) is 14.0. The molecule has 1 fully saturated rings. The average molecular weight is 407 g/mol. The third kappa shape index (κ3) is 3.47. The Kier molecular flexibility index (Phi) is 5.59. The van der Waals surface area contributed by atoms with Crippen molar-refractivity contribution in [2.45, 2.75) is 36.6 Å². The Labute approximate surface area is 136 Å². The van der Waals surface area contributed by atoms with Crippen LogP contribution in [-0.2, 0) is 10.0 Å². The van der Waals surface area contributed by atoms with E-state index in [1.807, 2.05) is 0 Å². The number of hydrogen-bond acceptors (Lipinski definition) is 3. The van der Waals surface area contributed by atoms with Crippen LogP contribution in [0.3, 0.4) is 0 Å². The number of sulfonamides is 1. The van der Waals surface area contributed by atoms with Crippen molar-refractivity contribution in [2.24, 2.45) is 0 Å². The highest BCUT2D eigenvalue weighted by atomic mass is 79.9. The second kappa shape index (κ2) is 6.62. The van der Waals surface area contributed by atoms with Crippen LogP contribution in [0.1, 0.15) is 25.7 Å². The van der Waals surface area contributed by atoms with Crippen molar-refractivity contribution < 1.29 is 8.42 Å². The molecular weight excluding hydrogens is 393 g/mol. The first-order chi connectivity index (χ1) is 8.96. The minimum atomic E-state index is -3.56. The Hall–Kier alpha value is 0.670. The van der Waals surface area contributed by atoms with E-state index >= 15 is 0 Å². The van der Waals surface area contributed by atoms with Gasteiger partial charge in [0.25, 0.3) is 0 Å². The van der Waals surface area contributed by atoms with Gasteiger partial charge in [-0.15, -0.1) is 11.3 Å². The third-order valence-corrected chi connectivity index (χ3v) is 7.67. The van der Waals surface area contributed by atoms with Crippen molar-refractivity contribution in [3.63, 3.8) is 0 Å². The molecule has 1 atom stereocenters. The first-order valence-electron chi connectivity index (χ1n) is 5.99. The largest absolute Gasteiger partial charge is 0.245 e. The number of alkyl halides is 1. The van der Waals surface area contributed by atoms with Crippen LogP contribution >= 0.6 is 50.5 Å². The zero-order valence-electron chi connectivity index (χ0n) is 10.1. The SMILES string of the molecule is O=S(=O)(c1cc(Cl)sc1Cl)N1CCCCCC1CBr. The summed E-state index contributed by atoms with van der Waals surface area (Å²) in [6.07, 6.45) is 3.88. The van der Waals surface area contributed by atoms with Gasteiger partial charge in [0.2, 0.25) is 10.0 Å². The average Bonchev–Trinajstić information content (AvgIpc) is 2.59. The molecule has 2 rings (SSSR count). The lowest BCUT2D eigenvalue weighted by molar-refractivity contribution is 0.348. The molecule has 0 bridgehead atoms. The zero-order valence-corrected chi connectivity index (χ0v) is 14.8. The lowest BCUT2D eigenvalue weighted by Gasteiger charge is -2.27. The molecule has 1 aliphatic heterocycles. The molecule has 0 radical (unpaired) electrons. The molecule has 108 valence electrons. The van der Waals surface area contributed by atoms with Gasteiger partial charge >= 0.3 is 0 Å². The standard InChI is InChI=1S/C11H14BrCl2NO2S2/c12-7-8-4-2-1-3-5-15(8)19(16,17)9-6-10(13)18-11(9)14/h6,8H,1-5,7H2. The summed E-state index contributed by atoms with van der Waals surface area (Å²) in [6.45, 7) is 0.544. The topological polar surface area (TPSA) is 37.4 Å². The second-order valence-corrected chi connectivity index (χ2v) is 9.25. The van der Waals surface area contributed by atoms with Gasteiger partial charge in [0.05, 0.1) is 4.34 Å². The minimum absolute atomic E-state index is 0.0118. The number of halogens is 3. The maximum Gasteiger partial charge on any atom is 0.245 e. The van der Waals surface area contributed by atoms with Crippen LogP contribution < -0.4 is 0 Å². The lowest BCUT2D eigenvalue weighted by Crippen LogP contribution is -2.40. The highest BCUT2D eigenvalue weighted by Crippen LogP contribution is 2.37. The molecule has 0 spiro atoms. The van der Waals surface area contributed by atoms with E-state index in [-0.39, 0.29) is 15.3 Å². The van der Waals surface area contributed by atoms with Crippen molar-refractivity contribution in [2.75, 3.05) is 11.9 Å². The highest BCUT2D eigenvalue weighted by molar-refractivity contribution is 9.09. The second-order valence-electron chi connectivity index (χ2n) is 4.46. The fraction of sp³-hybridized carbons (Fsp3) is 0.636. The van der Waals surface area contributed by atoms with Crippen molar-refractivity contribution in [3.8, 4) is 0 Å². The summed E-state index contributed by atoms with van der Waals surface area (Å²) < 4.78 is 27.6. The number of nitrogens with zero attached hydrogens (tertiary/aromatic N) is 1. The Balaban J connectivity index is 2.39. The van der Waals surface area contributed by atoms with Gasteiger partial charge in [-0.05, 0) is 18.9 Å². The Morgan fingerprint density at radius 2 is 2.11 bits per heavy atom. The van der Waals surface area contributed by atoms with E-state index in [0.29, 0.717) is 16.2 Å². The summed E-state index contributed by atoms with van der Waals surface area (Å²) in [5.41, 5.74) is 0. The van der Waals surface area contributed by atoms with Crippen LogP contribution in [0.5, 0.6) is 0 Å². The quantitative estimate of drug-likeness (QED) is 0.698. The van der Waals surface area contributed by atoms with Gasteiger partial charge < -0.3 is 0 Å². The van der Waals surface area contributed by atoms with Crippen LogP contribution in [0, 0.1) is 0 Å². The maximum atomic E-state index is 12.7. The van der Waals surface area contributed by atoms with Gasteiger partial charge in [-0.3, -0.25) is 0 Å². The Morgan fingerprint density at radius 3 is 2.68 bits per heavy atom. The molecule has 0 amide bonds. The molecule has 2 heterocycles. The van der Waals surface area contributed by atoms with Gasteiger partial charge in [-0.1, -0.05) is 52.0 Å². The molecule has 1 aliphatic rings. The summed E-state index contributed by atoms with van der Waals surface area (Å²) in [4.78, 5) is 0.136. The fourth-order valence-corrected chi connectivity index (χ4v) is 6.92. The molecule has 19 heavy (non-hydrogen) atoms. The Bertz CT molecular complexity index is 547. The molecule has 0 saturated carbocycles. The molecule has 0 aromatic carbocycles. The van der Waals surface area contributed by atoms with E-state index in [4.69, 9.17) is 23.2 Å². The molecule has 1 unspecified atom stereocenters.